The van der Waals surface area contributed by atoms with Gasteiger partial charge >= 0.3 is 0 Å². The fourth-order valence-electron chi connectivity index (χ4n) is 3.71. The molecule has 0 bridgehead atoms. The van der Waals surface area contributed by atoms with E-state index in [9.17, 15) is 17.6 Å². The number of aryl methyl sites for hydroxylation is 2. The van der Waals surface area contributed by atoms with Gasteiger partial charge in [-0.3, -0.25) is 4.68 Å². The van der Waals surface area contributed by atoms with Gasteiger partial charge in [-0.1, -0.05) is 12.1 Å². The zero-order chi connectivity index (χ0) is 22.1. The lowest BCUT2D eigenvalue weighted by molar-refractivity contribution is 0.561. The van der Waals surface area contributed by atoms with Crippen molar-refractivity contribution in [3.8, 4) is 0 Å². The second kappa shape index (κ2) is 8.41. The third-order valence-electron chi connectivity index (χ3n) is 5.34. The molecular weight excluding hydrogens is 406 g/mol. The molecule has 0 aliphatic carbocycles. The monoisotopic (exact) mass is 427 g/mol. The van der Waals surface area contributed by atoms with Crippen molar-refractivity contribution in [3.63, 3.8) is 0 Å². The van der Waals surface area contributed by atoms with Crippen molar-refractivity contribution < 1.29 is 17.6 Å². The minimum atomic E-state index is -0.680. The van der Waals surface area contributed by atoms with Gasteiger partial charge in [0.2, 0.25) is 0 Å². The third kappa shape index (κ3) is 4.26. The molecular formula is C24H21F4N3. The third-order valence-corrected chi connectivity index (χ3v) is 5.34. The van der Waals surface area contributed by atoms with E-state index in [0.29, 0.717) is 0 Å². The number of benzene rings is 3. The SMILES string of the molecule is CCn1nc(C)c2cc(N(Cc3ccc(F)cc3F)Cc3ccc(F)cc3F)ccc21. The van der Waals surface area contributed by atoms with Crippen LogP contribution in [0.2, 0.25) is 0 Å². The van der Waals surface area contributed by atoms with Crippen molar-refractivity contribution >= 4 is 16.6 Å². The highest BCUT2D eigenvalue weighted by Crippen LogP contribution is 2.28. The minimum Gasteiger partial charge on any atom is -0.363 e. The van der Waals surface area contributed by atoms with Gasteiger partial charge in [-0.2, -0.15) is 5.10 Å². The average Bonchev–Trinajstić information content (AvgIpc) is 3.06. The predicted molar refractivity (Wildman–Crippen MR) is 113 cm³/mol. The van der Waals surface area contributed by atoms with Crippen LogP contribution in [0.4, 0.5) is 23.2 Å². The number of hydrogen-bond acceptors (Lipinski definition) is 2. The van der Waals surface area contributed by atoms with Crippen molar-refractivity contribution in [2.24, 2.45) is 0 Å². The van der Waals surface area contributed by atoms with Crippen molar-refractivity contribution in [2.45, 2.75) is 33.5 Å². The maximum Gasteiger partial charge on any atom is 0.131 e. The molecule has 0 unspecified atom stereocenters. The molecule has 0 saturated carbocycles. The predicted octanol–water partition coefficient (Wildman–Crippen LogP) is 6.13. The van der Waals surface area contributed by atoms with Gasteiger partial charge in [0, 0.05) is 54.0 Å². The molecule has 0 aliphatic heterocycles. The molecule has 7 heteroatoms. The molecule has 0 radical (unpaired) electrons. The largest absolute Gasteiger partial charge is 0.363 e. The summed E-state index contributed by atoms with van der Waals surface area (Å²) in [5, 5.41) is 5.45. The van der Waals surface area contributed by atoms with Crippen LogP contribution in [0.3, 0.4) is 0 Å². The summed E-state index contributed by atoms with van der Waals surface area (Å²) in [6.07, 6.45) is 0. The molecule has 0 atom stereocenters. The molecule has 3 aromatic carbocycles. The first-order chi connectivity index (χ1) is 14.9. The topological polar surface area (TPSA) is 21.1 Å². The van der Waals surface area contributed by atoms with Crippen molar-refractivity contribution in [1.29, 1.82) is 0 Å². The Morgan fingerprint density at radius 1 is 0.806 bits per heavy atom. The highest BCUT2D eigenvalue weighted by atomic mass is 19.1. The maximum atomic E-state index is 14.4. The number of fused-ring (bicyclic) bond motifs is 1. The van der Waals surface area contributed by atoms with Crippen LogP contribution in [0, 0.1) is 30.2 Å². The van der Waals surface area contributed by atoms with E-state index < -0.39 is 23.3 Å². The molecule has 0 aliphatic rings. The number of nitrogens with zero attached hydrogens (tertiary/aromatic N) is 3. The molecule has 0 amide bonds. The Hall–Kier alpha value is -3.35. The van der Waals surface area contributed by atoms with Gasteiger partial charge in [-0.25, -0.2) is 17.6 Å². The first-order valence-electron chi connectivity index (χ1n) is 9.95. The molecule has 4 rings (SSSR count). The average molecular weight is 427 g/mol. The molecule has 0 saturated heterocycles. The Morgan fingerprint density at radius 2 is 1.39 bits per heavy atom. The van der Waals surface area contributed by atoms with Crippen LogP contribution in [-0.2, 0) is 19.6 Å². The lowest BCUT2D eigenvalue weighted by atomic mass is 10.1. The molecule has 0 N–H and O–H groups in total. The Bertz CT molecular complexity index is 1200. The summed E-state index contributed by atoms with van der Waals surface area (Å²) in [6.45, 7) is 4.78. The van der Waals surface area contributed by atoms with Crippen LogP contribution in [0.5, 0.6) is 0 Å². The zero-order valence-corrected chi connectivity index (χ0v) is 17.2. The van der Waals surface area contributed by atoms with Gasteiger partial charge in [0.05, 0.1) is 11.2 Å². The van der Waals surface area contributed by atoms with Gasteiger partial charge in [0.1, 0.15) is 23.3 Å². The van der Waals surface area contributed by atoms with E-state index >= 15 is 0 Å². The fourth-order valence-corrected chi connectivity index (χ4v) is 3.71. The smallest absolute Gasteiger partial charge is 0.131 e. The highest BCUT2D eigenvalue weighted by molar-refractivity contribution is 5.85. The van der Waals surface area contributed by atoms with Crippen LogP contribution in [0.1, 0.15) is 23.7 Å². The molecule has 31 heavy (non-hydrogen) atoms. The lowest BCUT2D eigenvalue weighted by Gasteiger charge is -2.26. The summed E-state index contributed by atoms with van der Waals surface area (Å²) in [5.41, 5.74) is 3.07. The second-order valence-corrected chi connectivity index (χ2v) is 7.43. The van der Waals surface area contributed by atoms with Crippen molar-refractivity contribution in [3.05, 3.63) is 94.7 Å². The van der Waals surface area contributed by atoms with Crippen LogP contribution in [-0.4, -0.2) is 9.78 Å². The van der Waals surface area contributed by atoms with Crippen LogP contribution < -0.4 is 4.90 Å². The van der Waals surface area contributed by atoms with E-state index in [1.54, 1.807) is 4.90 Å². The Labute approximate surface area is 177 Å². The number of rotatable bonds is 6. The summed E-state index contributed by atoms with van der Waals surface area (Å²) in [7, 11) is 0. The fraction of sp³-hybridized carbons (Fsp3) is 0.208. The summed E-state index contributed by atoms with van der Waals surface area (Å²) in [5.74, 6) is -2.69. The van der Waals surface area contributed by atoms with Gasteiger partial charge in [-0.05, 0) is 44.2 Å². The van der Waals surface area contributed by atoms with Crippen molar-refractivity contribution in [2.75, 3.05) is 4.90 Å². The summed E-state index contributed by atoms with van der Waals surface area (Å²) in [6, 6.07) is 12.5. The van der Waals surface area contributed by atoms with Gasteiger partial charge in [0.15, 0.2) is 0 Å². The standard InChI is InChI=1S/C24H21F4N3/c1-3-31-24-9-8-20(12-21(24)15(2)29-31)30(13-16-4-6-18(25)10-22(16)27)14-17-5-7-19(26)11-23(17)28/h4-12H,3,13-14H2,1-2H3. The van der Waals surface area contributed by atoms with E-state index in [4.69, 9.17) is 0 Å². The molecule has 1 heterocycles. The van der Waals surface area contributed by atoms with Crippen molar-refractivity contribution in [1.82, 2.24) is 9.78 Å². The maximum absolute atomic E-state index is 14.4. The van der Waals surface area contributed by atoms with Gasteiger partial charge in [-0.15, -0.1) is 0 Å². The molecule has 1 aromatic heterocycles. The summed E-state index contributed by atoms with van der Waals surface area (Å²) >= 11 is 0. The normalized spacial score (nSPS) is 11.3. The first kappa shape index (κ1) is 20.9. The second-order valence-electron chi connectivity index (χ2n) is 7.43. The first-order valence-corrected chi connectivity index (χ1v) is 9.95. The number of anilines is 1. The lowest BCUT2D eigenvalue weighted by Crippen LogP contribution is -2.23. The van der Waals surface area contributed by atoms with Crippen LogP contribution in [0.15, 0.2) is 54.6 Å². The Morgan fingerprint density at radius 3 is 1.90 bits per heavy atom. The number of aromatic nitrogens is 2. The van der Waals surface area contributed by atoms with Crippen LogP contribution >= 0.6 is 0 Å². The zero-order valence-electron chi connectivity index (χ0n) is 17.2. The number of hydrogen-bond donors (Lipinski definition) is 0. The molecule has 4 aromatic rings. The van der Waals surface area contributed by atoms with E-state index in [1.807, 2.05) is 36.7 Å². The molecule has 160 valence electrons. The van der Waals surface area contributed by atoms with E-state index in [0.717, 1.165) is 41.0 Å². The van der Waals surface area contributed by atoms with Gasteiger partial charge < -0.3 is 4.90 Å². The summed E-state index contributed by atoms with van der Waals surface area (Å²) < 4.78 is 57.3. The van der Waals surface area contributed by atoms with E-state index in [-0.39, 0.29) is 24.2 Å². The number of halogens is 4. The van der Waals surface area contributed by atoms with E-state index in [2.05, 4.69) is 5.10 Å². The Kier molecular flexibility index (Phi) is 5.67. The van der Waals surface area contributed by atoms with Crippen LogP contribution in [0.25, 0.3) is 10.9 Å². The van der Waals surface area contributed by atoms with Gasteiger partial charge in [0.25, 0.3) is 0 Å². The molecule has 0 fully saturated rings. The molecule has 0 spiro atoms. The Balaban J connectivity index is 1.77. The minimum absolute atomic E-state index is 0.0788. The quantitative estimate of drug-likeness (QED) is 0.345. The summed E-state index contributed by atoms with van der Waals surface area (Å²) in [4.78, 5) is 1.77. The highest BCUT2D eigenvalue weighted by Gasteiger charge is 2.16. The van der Waals surface area contributed by atoms with E-state index in [1.165, 1.54) is 24.3 Å². The molecule has 3 nitrogen and oxygen atoms in total.